The van der Waals surface area contributed by atoms with Crippen molar-refractivity contribution in [2.45, 2.75) is 38.4 Å². The quantitative estimate of drug-likeness (QED) is 0.460. The summed E-state index contributed by atoms with van der Waals surface area (Å²) in [7, 11) is 0. The van der Waals surface area contributed by atoms with Crippen LogP contribution in [0.25, 0.3) is 0 Å². The second-order valence-electron chi connectivity index (χ2n) is 9.13. The van der Waals surface area contributed by atoms with E-state index in [0.717, 1.165) is 41.7 Å². The number of aryl methyl sites for hydroxylation is 1. The standard InChI is InChI=1S/C26H36ClNO4S/c1-19-14-21(6-9-25(19)32-17-22(29)15-27)26(2,3)20-4-7-24(8-5-20)31-18-23(30)16-28-10-12-33-13-11-28/h4-9,14,22-23,29-30H,10-13,15-18H2,1-3H3/t22-,23+/m1/s1. The van der Waals surface area contributed by atoms with E-state index in [0.29, 0.717) is 13.2 Å². The lowest BCUT2D eigenvalue weighted by molar-refractivity contribution is 0.0715. The average Bonchev–Trinajstić information content (AvgIpc) is 2.82. The Bertz CT molecular complexity index is 871. The van der Waals surface area contributed by atoms with Crippen LogP contribution in [0.15, 0.2) is 42.5 Å². The highest BCUT2D eigenvalue weighted by atomic mass is 35.5. The molecule has 1 fully saturated rings. The summed E-state index contributed by atoms with van der Waals surface area (Å²) in [5, 5.41) is 19.9. The molecule has 0 radical (unpaired) electrons. The first kappa shape index (κ1) is 26.2. The highest BCUT2D eigenvalue weighted by Gasteiger charge is 2.24. The minimum absolute atomic E-state index is 0.153. The van der Waals surface area contributed by atoms with Crippen molar-refractivity contribution in [2.75, 3.05) is 50.2 Å². The normalized spacial score (nSPS) is 16.9. The maximum atomic E-state index is 10.3. The summed E-state index contributed by atoms with van der Waals surface area (Å²) >= 11 is 7.61. The minimum atomic E-state index is -0.673. The van der Waals surface area contributed by atoms with E-state index in [2.05, 4.69) is 43.0 Å². The second-order valence-corrected chi connectivity index (χ2v) is 10.7. The van der Waals surface area contributed by atoms with Gasteiger partial charge < -0.3 is 19.7 Å². The maximum Gasteiger partial charge on any atom is 0.122 e. The number of benzene rings is 2. The zero-order valence-electron chi connectivity index (χ0n) is 19.8. The summed E-state index contributed by atoms with van der Waals surface area (Å²) in [6.45, 7) is 9.60. The molecule has 0 aromatic heterocycles. The average molecular weight is 494 g/mol. The van der Waals surface area contributed by atoms with E-state index in [9.17, 15) is 10.2 Å². The lowest BCUT2D eigenvalue weighted by Gasteiger charge is -2.28. The van der Waals surface area contributed by atoms with E-state index in [4.69, 9.17) is 21.1 Å². The summed E-state index contributed by atoms with van der Waals surface area (Å²) < 4.78 is 11.5. The van der Waals surface area contributed by atoms with Crippen LogP contribution in [0.2, 0.25) is 0 Å². The van der Waals surface area contributed by atoms with E-state index in [1.165, 1.54) is 11.1 Å². The van der Waals surface area contributed by atoms with Crippen molar-refractivity contribution in [3.05, 3.63) is 59.2 Å². The van der Waals surface area contributed by atoms with Crippen LogP contribution in [-0.2, 0) is 5.41 Å². The molecule has 0 saturated carbocycles. The zero-order chi connectivity index (χ0) is 23.8. The van der Waals surface area contributed by atoms with Gasteiger partial charge in [0, 0.05) is 36.6 Å². The Kier molecular flexibility index (Phi) is 9.77. The topological polar surface area (TPSA) is 62.2 Å². The molecule has 0 bridgehead atoms. The number of rotatable bonds is 11. The highest BCUT2D eigenvalue weighted by molar-refractivity contribution is 7.99. The number of hydrogen-bond acceptors (Lipinski definition) is 6. The lowest BCUT2D eigenvalue weighted by atomic mass is 9.77. The second kappa shape index (κ2) is 12.3. The molecule has 1 aliphatic rings. The predicted molar refractivity (Wildman–Crippen MR) is 137 cm³/mol. The van der Waals surface area contributed by atoms with Gasteiger partial charge in [-0.25, -0.2) is 0 Å². The maximum absolute atomic E-state index is 10.3. The SMILES string of the molecule is Cc1cc(C(C)(C)c2ccc(OC[C@@H](O)CN3CCSCC3)cc2)ccc1OC[C@H](O)CCl. The number of aliphatic hydroxyl groups is 2. The highest BCUT2D eigenvalue weighted by Crippen LogP contribution is 2.34. The van der Waals surface area contributed by atoms with Crippen molar-refractivity contribution in [2.24, 2.45) is 0 Å². The molecule has 7 heteroatoms. The van der Waals surface area contributed by atoms with Crippen LogP contribution < -0.4 is 9.47 Å². The fourth-order valence-electron chi connectivity index (χ4n) is 3.89. The van der Waals surface area contributed by atoms with E-state index in [-0.39, 0.29) is 17.9 Å². The fraction of sp³-hybridized carbons (Fsp3) is 0.538. The smallest absolute Gasteiger partial charge is 0.122 e. The fourth-order valence-corrected chi connectivity index (χ4v) is 4.96. The summed E-state index contributed by atoms with van der Waals surface area (Å²) in [6.07, 6.45) is -1.16. The molecule has 2 atom stereocenters. The molecular weight excluding hydrogens is 458 g/mol. The number of thioether (sulfide) groups is 1. The molecule has 182 valence electrons. The lowest BCUT2D eigenvalue weighted by Crippen LogP contribution is -2.40. The number of nitrogens with zero attached hydrogens (tertiary/aromatic N) is 1. The number of halogens is 1. The molecule has 33 heavy (non-hydrogen) atoms. The van der Waals surface area contributed by atoms with Gasteiger partial charge in [-0.1, -0.05) is 38.1 Å². The van der Waals surface area contributed by atoms with E-state index in [1.807, 2.05) is 36.9 Å². The van der Waals surface area contributed by atoms with Gasteiger partial charge in [0.1, 0.15) is 36.9 Å². The number of ether oxygens (including phenoxy) is 2. The number of alkyl halides is 1. The molecular formula is C26H36ClNO4S. The van der Waals surface area contributed by atoms with Gasteiger partial charge in [-0.15, -0.1) is 11.6 Å². The molecule has 1 saturated heterocycles. The monoisotopic (exact) mass is 493 g/mol. The van der Waals surface area contributed by atoms with Gasteiger partial charge >= 0.3 is 0 Å². The third-order valence-corrected chi connectivity index (χ3v) is 7.40. The van der Waals surface area contributed by atoms with E-state index in [1.54, 1.807) is 0 Å². The van der Waals surface area contributed by atoms with Crippen LogP contribution in [0.1, 0.15) is 30.5 Å². The largest absolute Gasteiger partial charge is 0.491 e. The van der Waals surface area contributed by atoms with Gasteiger partial charge in [-0.3, -0.25) is 4.90 Å². The van der Waals surface area contributed by atoms with E-state index >= 15 is 0 Å². The predicted octanol–water partition coefficient (Wildman–Crippen LogP) is 4.09. The molecule has 2 N–H and O–H groups in total. The van der Waals surface area contributed by atoms with Crippen LogP contribution in [0.4, 0.5) is 0 Å². The summed E-state index contributed by atoms with van der Waals surface area (Å²) in [4.78, 5) is 2.30. The molecule has 5 nitrogen and oxygen atoms in total. The van der Waals surface area contributed by atoms with Crippen molar-refractivity contribution in [1.29, 1.82) is 0 Å². The van der Waals surface area contributed by atoms with Gasteiger partial charge in [0.2, 0.25) is 0 Å². The Morgan fingerprint density at radius 3 is 2.24 bits per heavy atom. The molecule has 0 aliphatic carbocycles. The molecule has 0 unspecified atom stereocenters. The van der Waals surface area contributed by atoms with Crippen molar-refractivity contribution >= 4 is 23.4 Å². The van der Waals surface area contributed by atoms with Gasteiger partial charge in [-0.05, 0) is 41.8 Å². The molecule has 3 rings (SSSR count). The Labute approximate surface area is 207 Å². The number of aliphatic hydroxyl groups excluding tert-OH is 2. The van der Waals surface area contributed by atoms with Crippen LogP contribution in [0.5, 0.6) is 11.5 Å². The summed E-state index contributed by atoms with van der Waals surface area (Å²) in [5.41, 5.74) is 3.16. The molecule has 2 aromatic carbocycles. The zero-order valence-corrected chi connectivity index (χ0v) is 21.4. The summed E-state index contributed by atoms with van der Waals surface area (Å²) in [5.74, 6) is 3.94. The van der Waals surface area contributed by atoms with Crippen molar-refractivity contribution in [1.82, 2.24) is 4.90 Å². The Balaban J connectivity index is 1.57. The van der Waals surface area contributed by atoms with Gasteiger partial charge in [0.25, 0.3) is 0 Å². The van der Waals surface area contributed by atoms with Crippen molar-refractivity contribution in [3.63, 3.8) is 0 Å². The molecule has 2 aromatic rings. The molecule has 0 amide bonds. The van der Waals surface area contributed by atoms with E-state index < -0.39 is 12.2 Å². The van der Waals surface area contributed by atoms with Crippen LogP contribution in [0, 0.1) is 6.92 Å². The first-order valence-electron chi connectivity index (χ1n) is 11.5. The van der Waals surface area contributed by atoms with Crippen LogP contribution >= 0.6 is 23.4 Å². The minimum Gasteiger partial charge on any atom is -0.491 e. The Morgan fingerprint density at radius 1 is 0.970 bits per heavy atom. The van der Waals surface area contributed by atoms with Crippen LogP contribution in [0.3, 0.4) is 0 Å². The van der Waals surface area contributed by atoms with Gasteiger partial charge in [0.05, 0.1) is 5.88 Å². The first-order valence-corrected chi connectivity index (χ1v) is 13.2. The third kappa shape index (κ3) is 7.52. The van der Waals surface area contributed by atoms with Crippen molar-refractivity contribution in [3.8, 4) is 11.5 Å². The third-order valence-electron chi connectivity index (χ3n) is 6.10. The first-order chi connectivity index (χ1) is 15.8. The number of hydrogen-bond donors (Lipinski definition) is 2. The molecule has 1 heterocycles. The van der Waals surface area contributed by atoms with Crippen molar-refractivity contribution < 1.29 is 19.7 Å². The Morgan fingerprint density at radius 2 is 1.61 bits per heavy atom. The van der Waals surface area contributed by atoms with Gasteiger partial charge in [-0.2, -0.15) is 11.8 Å². The molecule has 1 aliphatic heterocycles. The number of β-amino-alcohol motifs (C(OH)–C–C–N with tert-alkyl or cyclic N) is 1. The molecule has 0 spiro atoms. The Hall–Kier alpha value is -1.44. The summed E-state index contributed by atoms with van der Waals surface area (Å²) in [6, 6.07) is 14.3. The van der Waals surface area contributed by atoms with Crippen LogP contribution in [-0.4, -0.2) is 77.6 Å². The van der Waals surface area contributed by atoms with Gasteiger partial charge in [0.15, 0.2) is 0 Å².